The highest BCUT2D eigenvalue weighted by molar-refractivity contribution is 5.36. The molecule has 0 fully saturated rings. The summed E-state index contributed by atoms with van der Waals surface area (Å²) in [5.41, 5.74) is 5.00. The Bertz CT molecular complexity index is 336. The van der Waals surface area contributed by atoms with Crippen LogP contribution in [0.3, 0.4) is 0 Å². The average Bonchev–Trinajstić information content (AvgIpc) is 2.50. The third kappa shape index (κ3) is 7.16. The molecule has 0 saturated carbocycles. The molecule has 0 aliphatic rings. The number of benzene rings is 1. The second kappa shape index (κ2) is 11.8. The van der Waals surface area contributed by atoms with Gasteiger partial charge in [-0.2, -0.15) is 0 Å². The summed E-state index contributed by atoms with van der Waals surface area (Å²) in [5, 5.41) is 0. The van der Waals surface area contributed by atoms with E-state index in [0.29, 0.717) is 0 Å². The van der Waals surface area contributed by atoms with Crippen LogP contribution in [0.15, 0.2) is 18.2 Å². The zero-order valence-corrected chi connectivity index (χ0v) is 14.7. The monoisotopic (exact) mass is 288 g/mol. The van der Waals surface area contributed by atoms with Crippen LogP contribution in [0.2, 0.25) is 0 Å². The standard InChI is InChI=1S/C21H36/c1-4-7-10-14-19-16-13-17-20(15-11-8-5-2)21(19)18-12-9-6-3/h13,16-17H,4-12,14-15,18H2,1-3H3. The van der Waals surface area contributed by atoms with Crippen molar-refractivity contribution in [3.63, 3.8) is 0 Å². The van der Waals surface area contributed by atoms with Crippen molar-refractivity contribution >= 4 is 0 Å². The Kier molecular flexibility index (Phi) is 10.3. The zero-order chi connectivity index (χ0) is 15.3. The molecule has 0 saturated heterocycles. The van der Waals surface area contributed by atoms with E-state index in [4.69, 9.17) is 0 Å². The lowest BCUT2D eigenvalue weighted by molar-refractivity contribution is 0.678. The quantitative estimate of drug-likeness (QED) is 0.367. The van der Waals surface area contributed by atoms with Gasteiger partial charge in [0.2, 0.25) is 0 Å². The zero-order valence-electron chi connectivity index (χ0n) is 14.7. The normalized spacial score (nSPS) is 11.0. The van der Waals surface area contributed by atoms with E-state index >= 15 is 0 Å². The molecule has 0 aliphatic heterocycles. The first-order chi connectivity index (χ1) is 10.3. The molecule has 1 aromatic carbocycles. The summed E-state index contributed by atoms with van der Waals surface area (Å²) in [6.07, 6.45) is 16.0. The van der Waals surface area contributed by atoms with Gasteiger partial charge in [-0.25, -0.2) is 0 Å². The van der Waals surface area contributed by atoms with E-state index in [0.717, 1.165) is 0 Å². The Labute approximate surface area is 133 Å². The molecule has 0 heteroatoms. The highest BCUT2D eigenvalue weighted by atomic mass is 14.1. The van der Waals surface area contributed by atoms with Gasteiger partial charge in [-0.3, -0.25) is 0 Å². The van der Waals surface area contributed by atoms with Crippen molar-refractivity contribution in [1.29, 1.82) is 0 Å². The third-order valence-electron chi connectivity index (χ3n) is 4.50. The van der Waals surface area contributed by atoms with Crippen molar-refractivity contribution in [2.45, 2.75) is 97.8 Å². The highest BCUT2D eigenvalue weighted by Crippen LogP contribution is 2.22. The van der Waals surface area contributed by atoms with Gasteiger partial charge in [0, 0.05) is 0 Å². The van der Waals surface area contributed by atoms with Crippen LogP contribution >= 0.6 is 0 Å². The molecule has 120 valence electrons. The molecule has 0 heterocycles. The van der Waals surface area contributed by atoms with Gasteiger partial charge in [0.15, 0.2) is 0 Å². The summed E-state index contributed by atoms with van der Waals surface area (Å²) in [6.45, 7) is 6.89. The van der Waals surface area contributed by atoms with E-state index in [1.54, 1.807) is 16.7 Å². The topological polar surface area (TPSA) is 0 Å². The second-order valence-electron chi connectivity index (χ2n) is 6.43. The van der Waals surface area contributed by atoms with Gasteiger partial charge in [0.25, 0.3) is 0 Å². The van der Waals surface area contributed by atoms with E-state index in [1.165, 1.54) is 77.0 Å². The maximum absolute atomic E-state index is 2.39. The molecule has 0 radical (unpaired) electrons. The molecule has 0 bridgehead atoms. The van der Waals surface area contributed by atoms with Gasteiger partial charge in [-0.1, -0.05) is 77.5 Å². The maximum Gasteiger partial charge on any atom is -0.0273 e. The van der Waals surface area contributed by atoms with Crippen LogP contribution in [-0.4, -0.2) is 0 Å². The fraction of sp³-hybridized carbons (Fsp3) is 0.714. The van der Waals surface area contributed by atoms with Crippen molar-refractivity contribution in [2.24, 2.45) is 0 Å². The molecule has 0 nitrogen and oxygen atoms in total. The van der Waals surface area contributed by atoms with Crippen LogP contribution in [0, 0.1) is 0 Å². The van der Waals surface area contributed by atoms with Gasteiger partial charge in [0.05, 0.1) is 0 Å². The molecule has 0 N–H and O–H groups in total. The second-order valence-corrected chi connectivity index (χ2v) is 6.43. The molecule has 0 aromatic heterocycles. The lowest BCUT2D eigenvalue weighted by atomic mass is 9.90. The fourth-order valence-corrected chi connectivity index (χ4v) is 3.16. The molecule has 21 heavy (non-hydrogen) atoms. The van der Waals surface area contributed by atoms with Crippen molar-refractivity contribution in [2.75, 3.05) is 0 Å². The average molecular weight is 289 g/mol. The number of hydrogen-bond donors (Lipinski definition) is 0. The predicted molar refractivity (Wildman–Crippen MR) is 96.1 cm³/mol. The van der Waals surface area contributed by atoms with E-state index < -0.39 is 0 Å². The van der Waals surface area contributed by atoms with Crippen LogP contribution in [0.1, 0.15) is 95.2 Å². The molecule has 0 aliphatic carbocycles. The fourth-order valence-electron chi connectivity index (χ4n) is 3.16. The third-order valence-corrected chi connectivity index (χ3v) is 4.50. The van der Waals surface area contributed by atoms with Crippen LogP contribution in [0.5, 0.6) is 0 Å². The molecular weight excluding hydrogens is 252 g/mol. The molecule has 1 aromatic rings. The first kappa shape index (κ1) is 18.3. The Morgan fingerprint density at radius 3 is 1.43 bits per heavy atom. The van der Waals surface area contributed by atoms with E-state index in [2.05, 4.69) is 39.0 Å². The lowest BCUT2D eigenvalue weighted by Crippen LogP contribution is -2.01. The van der Waals surface area contributed by atoms with Crippen LogP contribution in [0.25, 0.3) is 0 Å². The molecule has 0 amide bonds. The van der Waals surface area contributed by atoms with E-state index in [-0.39, 0.29) is 0 Å². The predicted octanol–water partition coefficient (Wildman–Crippen LogP) is 6.88. The Hall–Kier alpha value is -0.780. The smallest absolute Gasteiger partial charge is 0.0273 e. The lowest BCUT2D eigenvalue weighted by Gasteiger charge is -2.15. The Morgan fingerprint density at radius 1 is 0.571 bits per heavy atom. The van der Waals surface area contributed by atoms with Crippen molar-refractivity contribution < 1.29 is 0 Å². The summed E-state index contributed by atoms with van der Waals surface area (Å²) in [4.78, 5) is 0. The highest BCUT2D eigenvalue weighted by Gasteiger charge is 2.08. The summed E-state index contributed by atoms with van der Waals surface area (Å²) in [5.74, 6) is 0. The minimum atomic E-state index is 1.29. The van der Waals surface area contributed by atoms with Gasteiger partial charge >= 0.3 is 0 Å². The van der Waals surface area contributed by atoms with Crippen molar-refractivity contribution in [1.82, 2.24) is 0 Å². The Balaban J connectivity index is 2.75. The first-order valence-corrected chi connectivity index (χ1v) is 9.43. The van der Waals surface area contributed by atoms with Crippen LogP contribution in [-0.2, 0) is 19.3 Å². The van der Waals surface area contributed by atoms with Crippen LogP contribution < -0.4 is 0 Å². The Morgan fingerprint density at radius 2 is 1.00 bits per heavy atom. The minimum Gasteiger partial charge on any atom is -0.0654 e. The largest absolute Gasteiger partial charge is 0.0654 e. The number of unbranched alkanes of at least 4 members (excludes halogenated alkanes) is 6. The van der Waals surface area contributed by atoms with Gasteiger partial charge in [-0.05, 0) is 55.2 Å². The van der Waals surface area contributed by atoms with Gasteiger partial charge in [-0.15, -0.1) is 0 Å². The van der Waals surface area contributed by atoms with E-state index in [1.807, 2.05) is 0 Å². The van der Waals surface area contributed by atoms with Crippen molar-refractivity contribution in [3.05, 3.63) is 34.9 Å². The number of rotatable bonds is 12. The van der Waals surface area contributed by atoms with Gasteiger partial charge < -0.3 is 0 Å². The molecular formula is C21H36. The van der Waals surface area contributed by atoms with Crippen molar-refractivity contribution in [3.8, 4) is 0 Å². The number of aryl methyl sites for hydroxylation is 2. The summed E-state index contributed by atoms with van der Waals surface area (Å²) >= 11 is 0. The number of hydrogen-bond acceptors (Lipinski definition) is 0. The first-order valence-electron chi connectivity index (χ1n) is 9.43. The molecule has 1 rings (SSSR count). The molecule has 0 atom stereocenters. The summed E-state index contributed by atoms with van der Waals surface area (Å²) in [6, 6.07) is 7.08. The molecule has 0 spiro atoms. The van der Waals surface area contributed by atoms with E-state index in [9.17, 15) is 0 Å². The van der Waals surface area contributed by atoms with Crippen LogP contribution in [0.4, 0.5) is 0 Å². The summed E-state index contributed by atoms with van der Waals surface area (Å²) < 4.78 is 0. The maximum atomic E-state index is 2.39. The minimum absolute atomic E-state index is 1.29. The van der Waals surface area contributed by atoms with Gasteiger partial charge in [0.1, 0.15) is 0 Å². The molecule has 0 unspecified atom stereocenters. The SMILES string of the molecule is CCCCCc1cccc(CCCCC)c1CCCCC. The summed E-state index contributed by atoms with van der Waals surface area (Å²) in [7, 11) is 0.